The van der Waals surface area contributed by atoms with E-state index in [0.717, 1.165) is 24.2 Å². The first-order valence-corrected chi connectivity index (χ1v) is 7.85. The highest BCUT2D eigenvalue weighted by molar-refractivity contribution is 5.95. The smallest absolute Gasteiger partial charge is 0.228 e. The van der Waals surface area contributed by atoms with E-state index < -0.39 is 0 Å². The first-order chi connectivity index (χ1) is 11.7. The largest absolute Gasteiger partial charge is 0.326 e. The Morgan fingerprint density at radius 3 is 2.67 bits per heavy atom. The molecule has 0 bridgehead atoms. The number of hydrogen-bond donors (Lipinski definition) is 1. The predicted octanol–water partition coefficient (Wildman–Crippen LogP) is 2.87. The number of rotatable bonds is 4. The van der Waals surface area contributed by atoms with E-state index in [1.165, 1.54) is 0 Å². The maximum Gasteiger partial charge on any atom is 0.228 e. The monoisotopic (exact) mass is 319 g/mol. The molecule has 120 valence electrons. The average molecular weight is 319 g/mol. The maximum absolute atomic E-state index is 12.1. The fourth-order valence-electron chi connectivity index (χ4n) is 2.77. The molecule has 3 rings (SSSR count). The molecule has 0 atom stereocenters. The van der Waals surface area contributed by atoms with Crippen LogP contribution in [0, 0.1) is 11.3 Å². The van der Waals surface area contributed by atoms with Crippen LogP contribution >= 0.6 is 0 Å². The molecule has 2 aromatic carbocycles. The van der Waals surface area contributed by atoms with Gasteiger partial charge in [-0.05, 0) is 42.3 Å². The van der Waals surface area contributed by atoms with Crippen molar-refractivity contribution in [1.82, 2.24) is 0 Å². The van der Waals surface area contributed by atoms with Crippen molar-refractivity contribution in [3.63, 3.8) is 0 Å². The Balaban J connectivity index is 1.62. The third-order valence-corrected chi connectivity index (χ3v) is 3.96. The van der Waals surface area contributed by atoms with Crippen LogP contribution < -0.4 is 10.2 Å². The summed E-state index contributed by atoms with van der Waals surface area (Å²) in [5, 5.41) is 11.7. The molecule has 0 aromatic heterocycles. The van der Waals surface area contributed by atoms with Crippen LogP contribution in [0.1, 0.15) is 24.0 Å². The number of benzene rings is 2. The van der Waals surface area contributed by atoms with Gasteiger partial charge in [-0.15, -0.1) is 0 Å². The Bertz CT molecular complexity index is 806. The molecule has 0 saturated carbocycles. The number of anilines is 2. The quantitative estimate of drug-likeness (QED) is 0.941. The van der Waals surface area contributed by atoms with Gasteiger partial charge in [-0.3, -0.25) is 9.59 Å². The van der Waals surface area contributed by atoms with Gasteiger partial charge in [0.1, 0.15) is 0 Å². The van der Waals surface area contributed by atoms with E-state index in [1.807, 2.05) is 30.3 Å². The first-order valence-electron chi connectivity index (χ1n) is 7.85. The summed E-state index contributed by atoms with van der Waals surface area (Å²) in [6, 6.07) is 16.3. The molecule has 1 fully saturated rings. The highest BCUT2D eigenvalue weighted by atomic mass is 16.2. The van der Waals surface area contributed by atoms with Crippen LogP contribution in [-0.4, -0.2) is 18.4 Å². The summed E-state index contributed by atoms with van der Waals surface area (Å²) >= 11 is 0. The lowest BCUT2D eigenvalue weighted by Gasteiger charge is -2.15. The zero-order valence-electron chi connectivity index (χ0n) is 13.2. The number of carbonyl (C=O) groups is 2. The van der Waals surface area contributed by atoms with Crippen LogP contribution in [0.3, 0.4) is 0 Å². The number of nitrogens with zero attached hydrogens (tertiary/aromatic N) is 2. The second-order valence-corrected chi connectivity index (χ2v) is 5.73. The molecular weight excluding hydrogens is 302 g/mol. The van der Waals surface area contributed by atoms with Crippen molar-refractivity contribution in [2.75, 3.05) is 16.8 Å². The summed E-state index contributed by atoms with van der Waals surface area (Å²) in [4.78, 5) is 25.6. The first kappa shape index (κ1) is 15.8. The number of amides is 2. The molecule has 5 heteroatoms. The molecular formula is C19H17N3O2. The van der Waals surface area contributed by atoms with Crippen molar-refractivity contribution < 1.29 is 9.59 Å². The summed E-state index contributed by atoms with van der Waals surface area (Å²) in [6.07, 6.45) is 1.74. The lowest BCUT2D eigenvalue weighted by atomic mass is 10.1. The lowest BCUT2D eigenvalue weighted by molar-refractivity contribution is -0.117. The van der Waals surface area contributed by atoms with Gasteiger partial charge >= 0.3 is 0 Å². The van der Waals surface area contributed by atoms with E-state index in [4.69, 9.17) is 5.26 Å². The van der Waals surface area contributed by atoms with Crippen molar-refractivity contribution in [1.29, 1.82) is 5.26 Å². The van der Waals surface area contributed by atoms with E-state index in [-0.39, 0.29) is 18.2 Å². The molecule has 0 aliphatic carbocycles. The minimum absolute atomic E-state index is 0.143. The molecule has 1 aliphatic heterocycles. The molecule has 1 saturated heterocycles. The highest BCUT2D eigenvalue weighted by Gasteiger charge is 2.21. The Morgan fingerprint density at radius 1 is 1.21 bits per heavy atom. The maximum atomic E-state index is 12.1. The van der Waals surface area contributed by atoms with Crippen molar-refractivity contribution in [2.24, 2.45) is 0 Å². The zero-order valence-corrected chi connectivity index (χ0v) is 13.2. The van der Waals surface area contributed by atoms with Gasteiger partial charge in [0.25, 0.3) is 0 Å². The lowest BCUT2D eigenvalue weighted by Crippen LogP contribution is -2.23. The van der Waals surface area contributed by atoms with Crippen molar-refractivity contribution in [3.05, 3.63) is 59.7 Å². The van der Waals surface area contributed by atoms with Crippen molar-refractivity contribution >= 4 is 23.2 Å². The Kier molecular flexibility index (Phi) is 4.57. The molecule has 1 heterocycles. The van der Waals surface area contributed by atoms with Gasteiger partial charge in [0.2, 0.25) is 11.8 Å². The normalized spacial score (nSPS) is 13.6. The molecule has 2 aromatic rings. The standard InChI is InChI=1S/C19H17N3O2/c20-13-15-3-1-4-16(11-15)21-18(23)12-14-6-8-17(9-7-14)22-10-2-5-19(22)24/h1,3-4,6-9,11H,2,5,10,12H2,(H,21,23). The van der Waals surface area contributed by atoms with E-state index in [0.29, 0.717) is 17.7 Å². The van der Waals surface area contributed by atoms with Gasteiger partial charge in [-0.1, -0.05) is 18.2 Å². The minimum Gasteiger partial charge on any atom is -0.326 e. The summed E-state index contributed by atoms with van der Waals surface area (Å²) in [5.41, 5.74) is 2.87. The molecule has 2 amide bonds. The second-order valence-electron chi connectivity index (χ2n) is 5.73. The molecule has 24 heavy (non-hydrogen) atoms. The van der Waals surface area contributed by atoms with Crippen LogP contribution in [-0.2, 0) is 16.0 Å². The summed E-state index contributed by atoms with van der Waals surface area (Å²) in [6.45, 7) is 0.758. The van der Waals surface area contributed by atoms with Gasteiger partial charge in [0.15, 0.2) is 0 Å². The van der Waals surface area contributed by atoms with Crippen LogP contribution in [0.25, 0.3) is 0 Å². The van der Waals surface area contributed by atoms with E-state index in [9.17, 15) is 9.59 Å². The van der Waals surface area contributed by atoms with Crippen LogP contribution in [0.15, 0.2) is 48.5 Å². The second kappa shape index (κ2) is 6.97. The third kappa shape index (κ3) is 3.61. The molecule has 5 nitrogen and oxygen atoms in total. The number of nitrogens with one attached hydrogen (secondary N) is 1. The number of hydrogen-bond acceptors (Lipinski definition) is 3. The SMILES string of the molecule is N#Cc1cccc(NC(=O)Cc2ccc(N3CCCC3=O)cc2)c1. The summed E-state index contributed by atoms with van der Waals surface area (Å²) in [7, 11) is 0. The Morgan fingerprint density at radius 2 is 2.00 bits per heavy atom. The van der Waals surface area contributed by atoms with E-state index >= 15 is 0 Å². The minimum atomic E-state index is -0.143. The fourth-order valence-corrected chi connectivity index (χ4v) is 2.77. The molecule has 1 N–H and O–H groups in total. The molecule has 0 unspecified atom stereocenters. The zero-order chi connectivity index (χ0) is 16.9. The fraction of sp³-hybridized carbons (Fsp3) is 0.211. The van der Waals surface area contributed by atoms with Gasteiger partial charge < -0.3 is 10.2 Å². The van der Waals surface area contributed by atoms with Gasteiger partial charge in [0, 0.05) is 24.3 Å². The number of nitriles is 1. The van der Waals surface area contributed by atoms with Crippen LogP contribution in [0.5, 0.6) is 0 Å². The van der Waals surface area contributed by atoms with Gasteiger partial charge in [-0.25, -0.2) is 0 Å². The van der Waals surface area contributed by atoms with Gasteiger partial charge in [-0.2, -0.15) is 5.26 Å². The topological polar surface area (TPSA) is 73.2 Å². The highest BCUT2D eigenvalue weighted by Crippen LogP contribution is 2.21. The van der Waals surface area contributed by atoms with Crippen molar-refractivity contribution in [2.45, 2.75) is 19.3 Å². The molecule has 0 spiro atoms. The molecule has 1 aliphatic rings. The Hall–Kier alpha value is -3.13. The van der Waals surface area contributed by atoms with Crippen LogP contribution in [0.2, 0.25) is 0 Å². The summed E-state index contributed by atoms with van der Waals surface area (Å²) < 4.78 is 0. The predicted molar refractivity (Wildman–Crippen MR) is 91.5 cm³/mol. The van der Waals surface area contributed by atoms with Gasteiger partial charge in [0.05, 0.1) is 18.1 Å². The molecule has 0 radical (unpaired) electrons. The van der Waals surface area contributed by atoms with E-state index in [2.05, 4.69) is 5.32 Å². The van der Waals surface area contributed by atoms with E-state index in [1.54, 1.807) is 29.2 Å². The van der Waals surface area contributed by atoms with Crippen LogP contribution in [0.4, 0.5) is 11.4 Å². The number of carbonyl (C=O) groups excluding carboxylic acids is 2. The summed E-state index contributed by atoms with van der Waals surface area (Å²) in [5.74, 6) is 0.00737. The van der Waals surface area contributed by atoms with Crippen molar-refractivity contribution in [3.8, 4) is 6.07 Å². The average Bonchev–Trinajstić information content (AvgIpc) is 3.01. The Labute approximate surface area is 140 Å². The third-order valence-electron chi connectivity index (χ3n) is 3.96.